The van der Waals surface area contributed by atoms with E-state index in [1.807, 2.05) is 4.90 Å². The number of hydrogen-bond acceptors (Lipinski definition) is 3. The summed E-state index contributed by atoms with van der Waals surface area (Å²) in [4.78, 5) is 14.7. The van der Waals surface area contributed by atoms with Gasteiger partial charge in [0.2, 0.25) is 5.91 Å². The van der Waals surface area contributed by atoms with Crippen LogP contribution < -0.4 is 5.32 Å². The highest BCUT2D eigenvalue weighted by molar-refractivity contribution is 5.82. The Morgan fingerprint density at radius 2 is 1.85 bits per heavy atom. The zero-order valence-electron chi connectivity index (χ0n) is 12.4. The summed E-state index contributed by atoms with van der Waals surface area (Å²) in [6.45, 7) is 0.945. The Balaban J connectivity index is 1.61. The molecule has 4 nitrogen and oxygen atoms in total. The van der Waals surface area contributed by atoms with Gasteiger partial charge in [0.25, 0.3) is 0 Å². The molecule has 0 radical (unpaired) electrons. The lowest BCUT2D eigenvalue weighted by Gasteiger charge is -2.43. The van der Waals surface area contributed by atoms with Crippen molar-refractivity contribution in [2.24, 2.45) is 5.92 Å². The van der Waals surface area contributed by atoms with Crippen molar-refractivity contribution in [3.05, 3.63) is 0 Å². The van der Waals surface area contributed by atoms with Gasteiger partial charge in [-0.1, -0.05) is 12.8 Å². The standard InChI is InChI=1S/C16H28N2O2/c19-11-13-6-3-4-10-18(13)16(20)15-9-8-12-5-1-2-7-14(12)17-15/h12-15,17,19H,1-11H2. The maximum Gasteiger partial charge on any atom is 0.240 e. The molecule has 4 heteroatoms. The molecule has 1 amide bonds. The van der Waals surface area contributed by atoms with Crippen molar-refractivity contribution in [1.82, 2.24) is 10.2 Å². The lowest BCUT2D eigenvalue weighted by Crippen LogP contribution is -2.58. The van der Waals surface area contributed by atoms with E-state index < -0.39 is 0 Å². The van der Waals surface area contributed by atoms with Crippen LogP contribution >= 0.6 is 0 Å². The van der Waals surface area contributed by atoms with Crippen LogP contribution in [0.5, 0.6) is 0 Å². The quantitative estimate of drug-likeness (QED) is 0.809. The fraction of sp³-hybridized carbons (Fsp3) is 0.938. The minimum atomic E-state index is 0.00139. The van der Waals surface area contributed by atoms with Crippen LogP contribution in [0.2, 0.25) is 0 Å². The van der Waals surface area contributed by atoms with Gasteiger partial charge in [0.1, 0.15) is 0 Å². The number of aliphatic hydroxyl groups excluding tert-OH is 1. The first kappa shape index (κ1) is 14.3. The van der Waals surface area contributed by atoms with Crippen LogP contribution in [-0.4, -0.2) is 47.2 Å². The monoisotopic (exact) mass is 280 g/mol. The van der Waals surface area contributed by atoms with Crippen LogP contribution in [0.4, 0.5) is 0 Å². The molecule has 3 aliphatic rings. The molecule has 2 aliphatic heterocycles. The lowest BCUT2D eigenvalue weighted by molar-refractivity contribution is -0.139. The number of carbonyl (C=O) groups excluding carboxylic acids is 1. The Kier molecular flexibility index (Phi) is 4.61. The zero-order chi connectivity index (χ0) is 13.9. The first-order chi connectivity index (χ1) is 9.79. The van der Waals surface area contributed by atoms with Crippen molar-refractivity contribution in [3.8, 4) is 0 Å². The second-order valence-electron chi connectivity index (χ2n) is 6.81. The van der Waals surface area contributed by atoms with E-state index >= 15 is 0 Å². The van der Waals surface area contributed by atoms with Crippen LogP contribution in [0, 0.1) is 5.92 Å². The first-order valence-corrected chi connectivity index (χ1v) is 8.47. The number of aliphatic hydroxyl groups is 1. The van der Waals surface area contributed by atoms with E-state index in [4.69, 9.17) is 0 Å². The van der Waals surface area contributed by atoms with Crippen LogP contribution in [0.1, 0.15) is 57.8 Å². The predicted molar refractivity (Wildman–Crippen MR) is 78.3 cm³/mol. The molecule has 2 N–H and O–H groups in total. The molecule has 3 rings (SSSR count). The lowest BCUT2D eigenvalue weighted by atomic mass is 9.77. The van der Waals surface area contributed by atoms with Crippen molar-refractivity contribution in [3.63, 3.8) is 0 Å². The number of fused-ring (bicyclic) bond motifs is 1. The molecule has 20 heavy (non-hydrogen) atoms. The van der Waals surface area contributed by atoms with Gasteiger partial charge in [0.05, 0.1) is 18.7 Å². The molecule has 114 valence electrons. The van der Waals surface area contributed by atoms with Gasteiger partial charge >= 0.3 is 0 Å². The van der Waals surface area contributed by atoms with Gasteiger partial charge in [-0.2, -0.15) is 0 Å². The third-order valence-electron chi connectivity index (χ3n) is 5.57. The Bertz CT molecular complexity index is 347. The molecule has 4 atom stereocenters. The summed E-state index contributed by atoms with van der Waals surface area (Å²) in [7, 11) is 0. The summed E-state index contributed by atoms with van der Waals surface area (Å²) in [5.74, 6) is 1.04. The van der Waals surface area contributed by atoms with E-state index in [1.165, 1.54) is 32.1 Å². The predicted octanol–water partition coefficient (Wildman–Crippen LogP) is 1.67. The number of nitrogens with one attached hydrogen (secondary N) is 1. The Morgan fingerprint density at radius 1 is 1.05 bits per heavy atom. The average Bonchev–Trinajstić information content (AvgIpc) is 2.53. The topological polar surface area (TPSA) is 52.6 Å². The molecular formula is C16H28N2O2. The van der Waals surface area contributed by atoms with E-state index in [-0.39, 0.29) is 24.6 Å². The first-order valence-electron chi connectivity index (χ1n) is 8.47. The molecule has 0 aromatic carbocycles. The molecule has 2 heterocycles. The highest BCUT2D eigenvalue weighted by atomic mass is 16.3. The van der Waals surface area contributed by atoms with Crippen LogP contribution in [0.15, 0.2) is 0 Å². The molecule has 0 spiro atoms. The number of carbonyl (C=O) groups is 1. The summed E-state index contributed by atoms with van der Waals surface area (Å²) in [5.41, 5.74) is 0. The molecule has 4 unspecified atom stereocenters. The Hall–Kier alpha value is -0.610. The summed E-state index contributed by atoms with van der Waals surface area (Å²) >= 11 is 0. The highest BCUT2D eigenvalue weighted by Crippen LogP contribution is 2.33. The largest absolute Gasteiger partial charge is 0.394 e. The normalized spacial score (nSPS) is 38.4. The highest BCUT2D eigenvalue weighted by Gasteiger charge is 2.37. The fourth-order valence-electron chi connectivity index (χ4n) is 4.37. The number of nitrogens with zero attached hydrogens (tertiary/aromatic N) is 1. The van der Waals surface area contributed by atoms with Crippen LogP contribution in [0.25, 0.3) is 0 Å². The van der Waals surface area contributed by atoms with E-state index in [1.54, 1.807) is 0 Å². The molecule has 3 fully saturated rings. The van der Waals surface area contributed by atoms with E-state index in [9.17, 15) is 9.90 Å². The minimum Gasteiger partial charge on any atom is -0.394 e. The third kappa shape index (κ3) is 2.86. The maximum atomic E-state index is 12.7. The van der Waals surface area contributed by atoms with E-state index in [2.05, 4.69) is 5.32 Å². The van der Waals surface area contributed by atoms with Crippen LogP contribution in [-0.2, 0) is 4.79 Å². The van der Waals surface area contributed by atoms with Gasteiger partial charge < -0.3 is 15.3 Å². The molecule has 2 saturated heterocycles. The molecule has 0 aromatic heterocycles. The number of likely N-dealkylation sites (tertiary alicyclic amines) is 1. The van der Waals surface area contributed by atoms with Crippen molar-refractivity contribution in [1.29, 1.82) is 0 Å². The van der Waals surface area contributed by atoms with Gasteiger partial charge in [0.15, 0.2) is 0 Å². The number of piperidine rings is 2. The summed E-state index contributed by atoms with van der Waals surface area (Å²) in [6, 6.07) is 0.618. The summed E-state index contributed by atoms with van der Waals surface area (Å²) < 4.78 is 0. The second-order valence-corrected chi connectivity index (χ2v) is 6.81. The van der Waals surface area contributed by atoms with E-state index in [0.29, 0.717) is 6.04 Å². The summed E-state index contributed by atoms with van der Waals surface area (Å²) in [6.07, 6.45) is 10.6. The zero-order valence-corrected chi connectivity index (χ0v) is 12.4. The number of amides is 1. The fourth-order valence-corrected chi connectivity index (χ4v) is 4.37. The van der Waals surface area contributed by atoms with Gasteiger partial charge in [0, 0.05) is 12.6 Å². The van der Waals surface area contributed by atoms with Gasteiger partial charge in [-0.3, -0.25) is 4.79 Å². The van der Waals surface area contributed by atoms with E-state index in [0.717, 1.165) is 38.1 Å². The SMILES string of the molecule is O=C(C1CCC2CCCCC2N1)N1CCCCC1CO. The summed E-state index contributed by atoms with van der Waals surface area (Å²) in [5, 5.41) is 13.1. The molecular weight excluding hydrogens is 252 g/mol. The van der Waals surface area contributed by atoms with Crippen molar-refractivity contribution in [2.75, 3.05) is 13.2 Å². The van der Waals surface area contributed by atoms with Gasteiger partial charge in [-0.25, -0.2) is 0 Å². The van der Waals surface area contributed by atoms with Crippen molar-refractivity contribution in [2.45, 2.75) is 75.9 Å². The molecule has 1 saturated carbocycles. The Labute approximate surface area is 121 Å². The van der Waals surface area contributed by atoms with Gasteiger partial charge in [-0.15, -0.1) is 0 Å². The molecule has 1 aliphatic carbocycles. The third-order valence-corrected chi connectivity index (χ3v) is 5.57. The van der Waals surface area contributed by atoms with Crippen molar-refractivity contribution < 1.29 is 9.90 Å². The molecule has 0 aromatic rings. The smallest absolute Gasteiger partial charge is 0.240 e. The van der Waals surface area contributed by atoms with Gasteiger partial charge in [-0.05, 0) is 50.9 Å². The number of rotatable bonds is 2. The second kappa shape index (κ2) is 6.44. The van der Waals surface area contributed by atoms with Crippen LogP contribution in [0.3, 0.4) is 0 Å². The Morgan fingerprint density at radius 3 is 2.70 bits per heavy atom. The van der Waals surface area contributed by atoms with Crippen molar-refractivity contribution >= 4 is 5.91 Å². The maximum absolute atomic E-state index is 12.7. The minimum absolute atomic E-state index is 0.00139. The molecule has 0 bridgehead atoms. The number of hydrogen-bond donors (Lipinski definition) is 2. The average molecular weight is 280 g/mol.